The number of nitrogens with zero attached hydrogens (tertiary/aromatic N) is 4. The largest absolute Gasteiger partial charge is 0.444 e. The minimum Gasteiger partial charge on any atom is -0.444 e. The van der Waals surface area contributed by atoms with Crippen LogP contribution < -0.4 is 10.6 Å². The van der Waals surface area contributed by atoms with E-state index in [-0.39, 0.29) is 6.09 Å². The molecule has 0 spiro atoms. The zero-order chi connectivity index (χ0) is 14.0. The van der Waals surface area contributed by atoms with Gasteiger partial charge in [0.2, 0.25) is 11.1 Å². The Bertz CT molecular complexity index is 448. The molecule has 1 aromatic rings. The third kappa shape index (κ3) is 3.69. The Balaban J connectivity index is 1.87. The fourth-order valence-electron chi connectivity index (χ4n) is 1.77. The van der Waals surface area contributed by atoms with Gasteiger partial charge in [0.05, 0.1) is 0 Å². The summed E-state index contributed by atoms with van der Waals surface area (Å²) in [5.74, 6) is 0.645. The number of nitrogen functional groups attached to an aromatic ring is 1. The van der Waals surface area contributed by atoms with E-state index in [1.807, 2.05) is 25.7 Å². The summed E-state index contributed by atoms with van der Waals surface area (Å²) in [6, 6.07) is 0. The molecule has 2 heterocycles. The number of nitrogens with two attached hydrogens (primary N) is 1. The zero-order valence-corrected chi connectivity index (χ0v) is 12.2. The lowest BCUT2D eigenvalue weighted by Gasteiger charge is -2.35. The summed E-state index contributed by atoms with van der Waals surface area (Å²) in [7, 11) is 0. The van der Waals surface area contributed by atoms with E-state index in [1.54, 1.807) is 4.90 Å². The van der Waals surface area contributed by atoms with Gasteiger partial charge in [0.25, 0.3) is 0 Å². The van der Waals surface area contributed by atoms with Crippen LogP contribution in [0.15, 0.2) is 0 Å². The van der Waals surface area contributed by atoms with E-state index < -0.39 is 5.60 Å². The van der Waals surface area contributed by atoms with Gasteiger partial charge in [0.15, 0.2) is 0 Å². The van der Waals surface area contributed by atoms with Crippen LogP contribution in [-0.2, 0) is 4.74 Å². The van der Waals surface area contributed by atoms with Gasteiger partial charge in [-0.05, 0) is 20.8 Å². The summed E-state index contributed by atoms with van der Waals surface area (Å²) in [5.41, 5.74) is 5.10. The number of hydrogen-bond acceptors (Lipinski definition) is 7. The molecule has 0 saturated carbocycles. The van der Waals surface area contributed by atoms with Crippen LogP contribution in [0, 0.1) is 0 Å². The van der Waals surface area contributed by atoms with E-state index in [4.69, 9.17) is 10.5 Å². The molecule has 0 atom stereocenters. The number of carbonyl (C=O) groups is 1. The number of amides is 1. The third-order valence-electron chi connectivity index (χ3n) is 2.65. The molecule has 0 bridgehead atoms. The molecule has 106 valence electrons. The Morgan fingerprint density at radius 1 is 1.32 bits per heavy atom. The molecule has 0 aliphatic carbocycles. The van der Waals surface area contributed by atoms with Crippen LogP contribution in [0.25, 0.3) is 0 Å². The Morgan fingerprint density at radius 3 is 2.42 bits per heavy atom. The highest BCUT2D eigenvalue weighted by Crippen LogP contribution is 2.17. The van der Waals surface area contributed by atoms with E-state index >= 15 is 0 Å². The third-order valence-corrected chi connectivity index (χ3v) is 3.18. The molecule has 8 heteroatoms. The first-order valence-electron chi connectivity index (χ1n) is 6.17. The Labute approximate surface area is 116 Å². The number of rotatable bonds is 1. The van der Waals surface area contributed by atoms with Gasteiger partial charge < -0.3 is 20.3 Å². The Morgan fingerprint density at radius 2 is 1.95 bits per heavy atom. The average molecular weight is 285 g/mol. The zero-order valence-electron chi connectivity index (χ0n) is 11.4. The highest BCUT2D eigenvalue weighted by atomic mass is 32.1. The van der Waals surface area contributed by atoms with E-state index in [1.165, 1.54) is 11.5 Å². The maximum atomic E-state index is 11.9. The van der Waals surface area contributed by atoms with Crippen molar-refractivity contribution in [2.75, 3.05) is 36.8 Å². The fourth-order valence-corrected chi connectivity index (χ4v) is 2.22. The van der Waals surface area contributed by atoms with Crippen molar-refractivity contribution in [3.05, 3.63) is 0 Å². The van der Waals surface area contributed by atoms with Crippen molar-refractivity contribution in [3.8, 4) is 0 Å². The van der Waals surface area contributed by atoms with Gasteiger partial charge >= 0.3 is 6.09 Å². The van der Waals surface area contributed by atoms with Crippen molar-refractivity contribution in [1.82, 2.24) is 14.3 Å². The van der Waals surface area contributed by atoms with E-state index in [9.17, 15) is 4.79 Å². The monoisotopic (exact) mass is 285 g/mol. The summed E-state index contributed by atoms with van der Waals surface area (Å²) >= 11 is 1.18. The molecule has 0 aromatic carbocycles. The lowest BCUT2D eigenvalue weighted by Crippen LogP contribution is -2.50. The van der Waals surface area contributed by atoms with Gasteiger partial charge in [0, 0.05) is 37.7 Å². The number of piperazine rings is 1. The standard InChI is InChI=1S/C11H19N5O2S/c1-11(2,3)18-10(17)16-6-4-15(5-7-16)9-13-8(12)19-14-9/h4-7H2,1-3H3,(H2,12,13,14). The first-order valence-corrected chi connectivity index (χ1v) is 6.94. The van der Waals surface area contributed by atoms with Crippen LogP contribution in [-0.4, -0.2) is 52.1 Å². The number of anilines is 2. The van der Waals surface area contributed by atoms with Gasteiger partial charge in [-0.3, -0.25) is 0 Å². The molecule has 7 nitrogen and oxygen atoms in total. The second-order valence-electron chi connectivity index (χ2n) is 5.39. The highest BCUT2D eigenvalue weighted by molar-refractivity contribution is 7.09. The second kappa shape index (κ2) is 5.20. The van der Waals surface area contributed by atoms with Crippen LogP contribution in [0.3, 0.4) is 0 Å². The molecule has 1 aliphatic heterocycles. The van der Waals surface area contributed by atoms with Crippen molar-refractivity contribution in [2.24, 2.45) is 0 Å². The lowest BCUT2D eigenvalue weighted by atomic mass is 10.2. The number of carbonyl (C=O) groups excluding carboxylic acids is 1. The minimum absolute atomic E-state index is 0.266. The van der Waals surface area contributed by atoms with E-state index in [0.717, 1.165) is 0 Å². The van der Waals surface area contributed by atoms with Crippen LogP contribution in [0.2, 0.25) is 0 Å². The maximum absolute atomic E-state index is 11.9. The summed E-state index contributed by atoms with van der Waals surface area (Å²) < 4.78 is 9.51. The van der Waals surface area contributed by atoms with Crippen molar-refractivity contribution in [1.29, 1.82) is 0 Å². The minimum atomic E-state index is -0.459. The molecule has 1 fully saturated rings. The van der Waals surface area contributed by atoms with Crippen LogP contribution in [0.1, 0.15) is 20.8 Å². The smallest absolute Gasteiger partial charge is 0.410 e. The maximum Gasteiger partial charge on any atom is 0.410 e. The molecule has 1 aromatic heterocycles. The molecule has 2 N–H and O–H groups in total. The fraction of sp³-hybridized carbons (Fsp3) is 0.727. The number of ether oxygens (including phenoxy) is 1. The van der Waals surface area contributed by atoms with Crippen LogP contribution in [0.5, 0.6) is 0 Å². The molecule has 1 amide bonds. The van der Waals surface area contributed by atoms with Crippen molar-refractivity contribution >= 4 is 28.7 Å². The van der Waals surface area contributed by atoms with E-state index in [0.29, 0.717) is 37.3 Å². The first-order chi connectivity index (χ1) is 8.85. The normalized spacial score (nSPS) is 16.6. The molecular weight excluding hydrogens is 266 g/mol. The predicted molar refractivity (Wildman–Crippen MR) is 74.3 cm³/mol. The Hall–Kier alpha value is -1.57. The summed E-state index contributed by atoms with van der Waals surface area (Å²) in [5, 5.41) is 0.463. The first kappa shape index (κ1) is 13.9. The average Bonchev–Trinajstić information content (AvgIpc) is 2.74. The topological polar surface area (TPSA) is 84.6 Å². The van der Waals surface area contributed by atoms with Gasteiger partial charge in [-0.1, -0.05) is 0 Å². The lowest BCUT2D eigenvalue weighted by molar-refractivity contribution is 0.0240. The predicted octanol–water partition coefficient (Wildman–Crippen LogP) is 1.18. The van der Waals surface area contributed by atoms with Crippen LogP contribution in [0.4, 0.5) is 15.9 Å². The second-order valence-corrected chi connectivity index (χ2v) is 6.17. The van der Waals surface area contributed by atoms with Gasteiger partial charge in [0.1, 0.15) is 5.60 Å². The van der Waals surface area contributed by atoms with Crippen LogP contribution >= 0.6 is 11.5 Å². The van der Waals surface area contributed by atoms with Gasteiger partial charge in [-0.25, -0.2) is 4.79 Å². The molecule has 0 unspecified atom stereocenters. The van der Waals surface area contributed by atoms with E-state index in [2.05, 4.69) is 9.36 Å². The Kier molecular flexibility index (Phi) is 3.79. The van der Waals surface area contributed by atoms with Crippen molar-refractivity contribution in [3.63, 3.8) is 0 Å². The van der Waals surface area contributed by atoms with Crippen molar-refractivity contribution in [2.45, 2.75) is 26.4 Å². The summed E-state index contributed by atoms with van der Waals surface area (Å²) in [6.07, 6.45) is -0.266. The molecule has 2 rings (SSSR count). The molecule has 0 radical (unpaired) electrons. The van der Waals surface area contributed by atoms with Gasteiger partial charge in [-0.2, -0.15) is 9.36 Å². The SMILES string of the molecule is CC(C)(C)OC(=O)N1CCN(c2nsc(N)n2)CC1. The van der Waals surface area contributed by atoms with Gasteiger partial charge in [-0.15, -0.1) is 0 Å². The molecule has 1 aliphatic rings. The quantitative estimate of drug-likeness (QED) is 0.834. The molecular formula is C11H19N5O2S. The summed E-state index contributed by atoms with van der Waals surface area (Å²) in [6.45, 7) is 8.18. The molecule has 1 saturated heterocycles. The molecule has 19 heavy (non-hydrogen) atoms. The summed E-state index contributed by atoms with van der Waals surface area (Å²) in [4.78, 5) is 19.8. The van der Waals surface area contributed by atoms with Crippen molar-refractivity contribution < 1.29 is 9.53 Å². The highest BCUT2D eigenvalue weighted by Gasteiger charge is 2.26. The number of aromatic nitrogens is 2. The number of hydrogen-bond donors (Lipinski definition) is 1.